The van der Waals surface area contributed by atoms with Crippen molar-refractivity contribution in [2.75, 3.05) is 13.1 Å². The molecule has 2 aliphatic rings. The van der Waals surface area contributed by atoms with Gasteiger partial charge in [-0.1, -0.05) is 61.4 Å². The summed E-state index contributed by atoms with van der Waals surface area (Å²) < 4.78 is 0. The van der Waals surface area contributed by atoms with Crippen molar-refractivity contribution in [2.24, 2.45) is 28.1 Å². The molecule has 1 aliphatic heterocycles. The number of fused-ring (bicyclic) bond motifs is 1. The highest BCUT2D eigenvalue weighted by molar-refractivity contribution is 5.97. The Hall–Kier alpha value is -7.78. The van der Waals surface area contributed by atoms with Crippen molar-refractivity contribution >= 4 is 64.1 Å². The molecule has 0 radical (unpaired) electrons. The zero-order valence-electron chi connectivity index (χ0n) is 39.0. The average molecular weight is 965 g/mol. The molecular weight excluding hydrogens is 901 g/mol. The predicted molar refractivity (Wildman–Crippen MR) is 259 cm³/mol. The van der Waals surface area contributed by atoms with Crippen molar-refractivity contribution in [3.63, 3.8) is 0 Å². The predicted octanol–water partition coefficient (Wildman–Crippen LogP) is -0.753. The van der Waals surface area contributed by atoms with E-state index >= 15 is 0 Å². The van der Waals surface area contributed by atoms with Gasteiger partial charge in [-0.25, -0.2) is 4.98 Å². The summed E-state index contributed by atoms with van der Waals surface area (Å²) in [4.78, 5) is 126. The fourth-order valence-electron chi connectivity index (χ4n) is 8.75. The molecule has 3 heterocycles. The maximum Gasteiger partial charge on any atom is 0.243 e. The van der Waals surface area contributed by atoms with Gasteiger partial charge >= 0.3 is 0 Å². The number of primary amides is 1. The number of nitrogens with one attached hydrogen (secondary N) is 9. The van der Waals surface area contributed by atoms with Gasteiger partial charge in [0.15, 0.2) is 5.96 Å². The Bertz CT molecular complexity index is 2470. The lowest BCUT2D eigenvalue weighted by Gasteiger charge is -2.27. The first kappa shape index (κ1) is 51.6. The summed E-state index contributed by atoms with van der Waals surface area (Å²) in [6, 6.07) is 8.36. The number of aliphatic imine (C=N–C) groups is 1. The van der Waals surface area contributed by atoms with Gasteiger partial charge in [-0.2, -0.15) is 0 Å². The molecule has 2 fully saturated rings. The first-order chi connectivity index (χ1) is 33.7. The van der Waals surface area contributed by atoms with Crippen LogP contribution in [0.4, 0.5) is 0 Å². The summed E-state index contributed by atoms with van der Waals surface area (Å²) in [7, 11) is 0. The maximum absolute atomic E-state index is 14.5. The van der Waals surface area contributed by atoms with Crippen LogP contribution in [0.15, 0.2) is 78.3 Å². The molecule has 15 N–H and O–H groups in total. The molecular formula is C48H64N14O8. The molecule has 1 saturated heterocycles. The van der Waals surface area contributed by atoms with Crippen LogP contribution in [0.25, 0.3) is 10.9 Å². The third-order valence-electron chi connectivity index (χ3n) is 12.5. The highest BCUT2D eigenvalue weighted by Crippen LogP contribution is 2.27. The van der Waals surface area contributed by atoms with Gasteiger partial charge in [0.05, 0.1) is 6.33 Å². The third-order valence-corrected chi connectivity index (χ3v) is 12.5. The smallest absolute Gasteiger partial charge is 0.243 e. The van der Waals surface area contributed by atoms with E-state index in [4.69, 9.17) is 17.2 Å². The number of guanidine groups is 1. The number of carbonyl (C=O) groups is 8. The van der Waals surface area contributed by atoms with Crippen molar-refractivity contribution in [1.29, 1.82) is 0 Å². The van der Waals surface area contributed by atoms with Gasteiger partial charge in [-0.15, -0.1) is 0 Å². The molecule has 22 heteroatoms. The van der Waals surface area contributed by atoms with Crippen LogP contribution in [-0.2, 0) is 57.6 Å². The van der Waals surface area contributed by atoms with E-state index in [0.717, 1.165) is 36.6 Å². The van der Waals surface area contributed by atoms with Crippen LogP contribution in [0.5, 0.6) is 0 Å². The fraction of sp³-hybridized carbons (Fsp3) is 0.458. The number of nitrogens with zero attached hydrogens (tertiary/aromatic N) is 2. The molecule has 22 nitrogen and oxygen atoms in total. The molecule has 2 aromatic heterocycles. The van der Waals surface area contributed by atoms with E-state index in [1.807, 2.05) is 24.3 Å². The Morgan fingerprint density at radius 1 is 0.771 bits per heavy atom. The Kier molecular flexibility index (Phi) is 18.8. The maximum atomic E-state index is 14.5. The standard InChI is InChI=1S/C48H64N14O8/c49-42(65)37(23-30-25-55-33-14-7-6-13-32(30)33)60-45(68)36-18-20-53-40(63)17-16-35(57-41(64)22-29-11-4-5-12-29)44(67)62-39(24-31-26-52-27-56-31)47(70)61-38(21-28-9-2-1-3-10-28)46(69)58-34(43(66)59-36)15-8-19-54-48(50)51/h1-3,6-7,9-10,13-14,25-27,29,34-39,55H,4-5,8,11-12,15-24H2,(H2,49,65)(H,52,56)(H,53,63)(H,57,64)(H,58,69)(H,59,66)(H,60,68)(H,61,70)(H,62,67)(H4,50,51,54)/t34?,35?,36?,37-,38?,39-/m0/s1. The minimum atomic E-state index is -1.40. The average Bonchev–Trinajstić information content (AvgIpc) is 4.14. The quantitative estimate of drug-likeness (QED) is 0.0377. The minimum absolute atomic E-state index is 0.00910. The number of nitrogens with two attached hydrogens (primary N) is 3. The van der Waals surface area contributed by atoms with Gasteiger partial charge in [0, 0.05) is 74.2 Å². The Labute approximate surface area is 404 Å². The van der Waals surface area contributed by atoms with Crippen LogP contribution in [0.3, 0.4) is 0 Å². The lowest BCUT2D eigenvalue weighted by molar-refractivity contribution is -0.135. The molecule has 1 aliphatic carbocycles. The number of rotatable bonds is 16. The number of hydrogen-bond acceptors (Lipinski definition) is 10. The molecule has 6 atom stereocenters. The minimum Gasteiger partial charge on any atom is -0.370 e. The third kappa shape index (κ3) is 15.6. The van der Waals surface area contributed by atoms with E-state index in [-0.39, 0.29) is 88.7 Å². The van der Waals surface area contributed by atoms with Crippen molar-refractivity contribution in [3.05, 3.63) is 90.1 Å². The van der Waals surface area contributed by atoms with E-state index in [1.165, 1.54) is 12.5 Å². The molecule has 8 amide bonds. The fourth-order valence-corrected chi connectivity index (χ4v) is 8.75. The Balaban J connectivity index is 1.32. The van der Waals surface area contributed by atoms with Crippen molar-refractivity contribution in [3.8, 4) is 0 Å². The number of para-hydroxylation sites is 1. The van der Waals surface area contributed by atoms with Gasteiger partial charge in [-0.05, 0) is 61.6 Å². The molecule has 2 aromatic carbocycles. The number of aromatic nitrogens is 3. The van der Waals surface area contributed by atoms with Crippen LogP contribution < -0.4 is 54.4 Å². The highest BCUT2D eigenvalue weighted by atomic mass is 16.2. The first-order valence-electron chi connectivity index (χ1n) is 23.7. The molecule has 0 spiro atoms. The number of carbonyl (C=O) groups excluding carboxylic acids is 8. The highest BCUT2D eigenvalue weighted by Gasteiger charge is 2.35. The zero-order valence-corrected chi connectivity index (χ0v) is 39.0. The van der Waals surface area contributed by atoms with Crippen molar-refractivity contribution < 1.29 is 38.4 Å². The van der Waals surface area contributed by atoms with Crippen molar-refractivity contribution in [2.45, 2.75) is 120 Å². The van der Waals surface area contributed by atoms with E-state index in [9.17, 15) is 38.4 Å². The zero-order chi connectivity index (χ0) is 50.0. The lowest BCUT2D eigenvalue weighted by Crippen LogP contribution is -2.60. The lowest BCUT2D eigenvalue weighted by atomic mass is 10.0. The van der Waals surface area contributed by atoms with Gasteiger partial charge in [0.1, 0.15) is 36.3 Å². The molecule has 0 bridgehead atoms. The molecule has 4 aromatic rings. The largest absolute Gasteiger partial charge is 0.370 e. The van der Waals surface area contributed by atoms with E-state index in [2.05, 4.69) is 57.2 Å². The summed E-state index contributed by atoms with van der Waals surface area (Å²) >= 11 is 0. The SMILES string of the molecule is NC(=O)[C@H](Cc1c[nH]c2ccccc12)NC(=O)C1CCNC(=O)CCC(NC(=O)CC2CCCC2)C(=O)N[C@@H](Cc2cnc[nH]2)C(=O)NC(Cc2ccccc2)C(=O)NC(CCCN=C(N)N)C(=O)N1. The van der Waals surface area contributed by atoms with Crippen LogP contribution in [0.1, 0.15) is 81.0 Å². The van der Waals surface area contributed by atoms with Gasteiger partial charge in [0.2, 0.25) is 47.3 Å². The summed E-state index contributed by atoms with van der Waals surface area (Å²) in [5.74, 6) is -5.69. The molecule has 1 saturated carbocycles. The number of amides is 8. The summed E-state index contributed by atoms with van der Waals surface area (Å²) in [6.07, 6.45) is 7.92. The van der Waals surface area contributed by atoms with Crippen LogP contribution in [0.2, 0.25) is 0 Å². The number of benzene rings is 2. The number of hydrogen-bond donors (Lipinski definition) is 12. The van der Waals surface area contributed by atoms with Crippen LogP contribution in [-0.4, -0.2) is 118 Å². The second kappa shape index (κ2) is 25.5. The van der Waals surface area contributed by atoms with Crippen molar-refractivity contribution in [1.82, 2.24) is 52.2 Å². The van der Waals surface area contributed by atoms with Gasteiger partial charge in [-0.3, -0.25) is 43.3 Å². The number of H-pyrrole nitrogens is 2. The summed E-state index contributed by atoms with van der Waals surface area (Å²) in [5.41, 5.74) is 19.6. The van der Waals surface area contributed by atoms with Crippen LogP contribution in [0, 0.1) is 5.92 Å². The second-order valence-corrected chi connectivity index (χ2v) is 17.8. The van der Waals surface area contributed by atoms with E-state index in [1.54, 1.807) is 36.5 Å². The molecule has 374 valence electrons. The van der Waals surface area contributed by atoms with Crippen LogP contribution >= 0.6 is 0 Å². The van der Waals surface area contributed by atoms with E-state index < -0.39 is 77.6 Å². The monoisotopic (exact) mass is 965 g/mol. The van der Waals surface area contributed by atoms with Gasteiger partial charge < -0.3 is 64.4 Å². The Morgan fingerprint density at radius 2 is 1.46 bits per heavy atom. The molecule has 70 heavy (non-hydrogen) atoms. The first-order valence-corrected chi connectivity index (χ1v) is 23.7. The number of aromatic amines is 2. The molecule has 6 rings (SSSR count). The number of imidazole rings is 1. The molecule has 4 unspecified atom stereocenters. The Morgan fingerprint density at radius 3 is 2.17 bits per heavy atom. The normalized spacial score (nSPS) is 21.6. The topological polar surface area (TPSA) is 356 Å². The summed E-state index contributed by atoms with van der Waals surface area (Å²) in [6.45, 7) is -0.0929. The summed E-state index contributed by atoms with van der Waals surface area (Å²) in [5, 5.41) is 20.0. The van der Waals surface area contributed by atoms with Gasteiger partial charge in [0.25, 0.3) is 0 Å². The second-order valence-electron chi connectivity index (χ2n) is 17.8. The van der Waals surface area contributed by atoms with E-state index in [0.29, 0.717) is 16.8 Å².